The molecule has 2 heterocycles. The quantitative estimate of drug-likeness (QED) is 0.708. The van der Waals surface area contributed by atoms with Crippen LogP contribution in [0.15, 0.2) is 40.9 Å². The van der Waals surface area contributed by atoms with Crippen molar-refractivity contribution in [1.29, 1.82) is 0 Å². The molecule has 2 amide bonds. The van der Waals surface area contributed by atoms with Crippen LogP contribution in [0.2, 0.25) is 0 Å². The van der Waals surface area contributed by atoms with Crippen LogP contribution in [0.25, 0.3) is 0 Å². The van der Waals surface area contributed by atoms with E-state index in [4.69, 9.17) is 9.26 Å². The maximum atomic E-state index is 12.7. The number of likely N-dealkylation sites (tertiary alicyclic amines) is 1. The van der Waals surface area contributed by atoms with Crippen molar-refractivity contribution in [2.45, 2.75) is 19.8 Å². The molecule has 8 heteroatoms. The summed E-state index contributed by atoms with van der Waals surface area (Å²) in [5.74, 6) is 1.03. The molecular weight excluding hydrogens is 360 g/mol. The Morgan fingerprint density at radius 2 is 2.00 bits per heavy atom. The SMILES string of the molecule is Cc1cc(NC(=O)CN(CCN2CCCC2)C(=O)COc2ccccc2)no1. The molecule has 1 saturated heterocycles. The molecule has 1 aliphatic rings. The third kappa shape index (κ3) is 6.09. The van der Waals surface area contributed by atoms with Gasteiger partial charge in [-0.1, -0.05) is 23.4 Å². The van der Waals surface area contributed by atoms with Crippen molar-refractivity contribution < 1.29 is 18.8 Å². The summed E-state index contributed by atoms with van der Waals surface area (Å²) in [6, 6.07) is 10.8. The molecule has 0 aliphatic carbocycles. The van der Waals surface area contributed by atoms with Crippen LogP contribution < -0.4 is 10.1 Å². The first-order valence-corrected chi connectivity index (χ1v) is 9.51. The number of hydrogen-bond donors (Lipinski definition) is 1. The molecule has 1 fully saturated rings. The first-order chi connectivity index (χ1) is 13.6. The van der Waals surface area contributed by atoms with Gasteiger partial charge in [0.15, 0.2) is 12.4 Å². The third-order valence-corrected chi connectivity index (χ3v) is 4.57. The van der Waals surface area contributed by atoms with E-state index in [1.807, 2.05) is 18.2 Å². The lowest BCUT2D eigenvalue weighted by atomic mass is 10.3. The topological polar surface area (TPSA) is 87.9 Å². The number of carbonyl (C=O) groups is 2. The zero-order valence-electron chi connectivity index (χ0n) is 16.1. The second-order valence-electron chi connectivity index (χ2n) is 6.84. The molecule has 0 unspecified atom stereocenters. The first kappa shape index (κ1) is 19.9. The Balaban J connectivity index is 1.56. The van der Waals surface area contributed by atoms with Crippen LogP contribution in [0.1, 0.15) is 18.6 Å². The Morgan fingerprint density at radius 1 is 1.25 bits per heavy atom. The van der Waals surface area contributed by atoms with Gasteiger partial charge in [-0.3, -0.25) is 9.59 Å². The fourth-order valence-corrected chi connectivity index (χ4v) is 3.09. The van der Waals surface area contributed by atoms with Gasteiger partial charge in [0.1, 0.15) is 18.1 Å². The summed E-state index contributed by atoms with van der Waals surface area (Å²) >= 11 is 0. The molecule has 3 rings (SSSR count). The lowest BCUT2D eigenvalue weighted by molar-refractivity contribution is -0.136. The summed E-state index contributed by atoms with van der Waals surface area (Å²) in [6.45, 7) is 4.86. The molecule has 0 atom stereocenters. The van der Waals surface area contributed by atoms with E-state index < -0.39 is 0 Å². The van der Waals surface area contributed by atoms with E-state index >= 15 is 0 Å². The first-order valence-electron chi connectivity index (χ1n) is 9.51. The number of nitrogens with zero attached hydrogens (tertiary/aromatic N) is 3. The minimum absolute atomic E-state index is 0.0588. The minimum Gasteiger partial charge on any atom is -0.484 e. The van der Waals surface area contributed by atoms with Crippen LogP contribution in [0.3, 0.4) is 0 Å². The average molecular weight is 386 g/mol. The van der Waals surface area contributed by atoms with E-state index in [1.165, 1.54) is 17.7 Å². The van der Waals surface area contributed by atoms with E-state index in [2.05, 4.69) is 15.4 Å². The second kappa shape index (κ2) is 9.89. The van der Waals surface area contributed by atoms with Gasteiger partial charge in [0, 0.05) is 19.2 Å². The van der Waals surface area contributed by atoms with Crippen LogP contribution in [0.5, 0.6) is 5.75 Å². The Bertz CT molecular complexity index is 772. The summed E-state index contributed by atoms with van der Waals surface area (Å²) in [5, 5.41) is 6.41. The van der Waals surface area contributed by atoms with E-state index in [-0.39, 0.29) is 25.0 Å². The van der Waals surface area contributed by atoms with Gasteiger partial charge in [-0.15, -0.1) is 0 Å². The summed E-state index contributed by atoms with van der Waals surface area (Å²) < 4.78 is 10.5. The molecular formula is C20H26N4O4. The number of amides is 2. The highest BCUT2D eigenvalue weighted by Crippen LogP contribution is 2.10. The number of rotatable bonds is 9. The monoisotopic (exact) mass is 386 g/mol. The molecule has 0 spiro atoms. The molecule has 150 valence electrons. The molecule has 0 saturated carbocycles. The number of carbonyl (C=O) groups excluding carboxylic acids is 2. The highest BCUT2D eigenvalue weighted by molar-refractivity contribution is 5.94. The van der Waals surface area contributed by atoms with E-state index in [1.54, 1.807) is 25.1 Å². The number of ether oxygens (including phenoxy) is 1. The highest BCUT2D eigenvalue weighted by Gasteiger charge is 2.21. The van der Waals surface area contributed by atoms with Gasteiger partial charge in [0.05, 0.1) is 0 Å². The average Bonchev–Trinajstić information content (AvgIpc) is 3.35. The van der Waals surface area contributed by atoms with Gasteiger partial charge < -0.3 is 24.4 Å². The minimum atomic E-state index is -0.317. The predicted octanol–water partition coefficient (Wildman–Crippen LogP) is 1.92. The van der Waals surface area contributed by atoms with Gasteiger partial charge in [-0.05, 0) is 45.0 Å². The normalized spacial score (nSPS) is 14.0. The zero-order chi connectivity index (χ0) is 19.8. The van der Waals surface area contributed by atoms with Crippen LogP contribution in [0, 0.1) is 6.92 Å². The molecule has 1 aromatic carbocycles. The fourth-order valence-electron chi connectivity index (χ4n) is 3.09. The Hall–Kier alpha value is -2.87. The number of para-hydroxylation sites is 1. The molecule has 1 N–H and O–H groups in total. The number of aryl methyl sites for hydroxylation is 1. The van der Waals surface area contributed by atoms with E-state index in [0.717, 1.165) is 19.6 Å². The fraction of sp³-hybridized carbons (Fsp3) is 0.450. The largest absolute Gasteiger partial charge is 0.484 e. The summed E-state index contributed by atoms with van der Waals surface area (Å²) in [6.07, 6.45) is 2.36. The van der Waals surface area contributed by atoms with Crippen LogP contribution in [-0.2, 0) is 9.59 Å². The summed E-state index contributed by atoms with van der Waals surface area (Å²) in [4.78, 5) is 28.9. The Kier molecular flexibility index (Phi) is 7.02. The van der Waals surface area contributed by atoms with Crippen LogP contribution >= 0.6 is 0 Å². The maximum absolute atomic E-state index is 12.7. The Morgan fingerprint density at radius 3 is 2.68 bits per heavy atom. The number of aromatic nitrogens is 1. The lowest BCUT2D eigenvalue weighted by Crippen LogP contribution is -2.44. The number of hydrogen-bond acceptors (Lipinski definition) is 6. The number of benzene rings is 1. The van der Waals surface area contributed by atoms with Crippen LogP contribution in [0.4, 0.5) is 5.82 Å². The van der Waals surface area contributed by atoms with Gasteiger partial charge in [0.2, 0.25) is 5.91 Å². The van der Waals surface area contributed by atoms with Gasteiger partial charge >= 0.3 is 0 Å². The zero-order valence-corrected chi connectivity index (χ0v) is 16.1. The molecule has 1 aliphatic heterocycles. The summed E-state index contributed by atoms with van der Waals surface area (Å²) in [7, 11) is 0. The van der Waals surface area contributed by atoms with Gasteiger partial charge in [-0.2, -0.15) is 0 Å². The number of nitrogens with one attached hydrogen (secondary N) is 1. The standard InChI is InChI=1S/C20H26N4O4/c1-16-13-18(22-28-16)21-19(25)14-24(12-11-23-9-5-6-10-23)20(26)15-27-17-7-3-2-4-8-17/h2-4,7-8,13H,5-6,9-12,14-15H2,1H3,(H,21,22,25). The molecule has 0 bridgehead atoms. The van der Waals surface area contributed by atoms with Crippen LogP contribution in [-0.4, -0.2) is 66.1 Å². The van der Waals surface area contributed by atoms with Crippen molar-refractivity contribution >= 4 is 17.6 Å². The molecule has 2 aromatic rings. The van der Waals surface area contributed by atoms with Crippen molar-refractivity contribution in [3.63, 3.8) is 0 Å². The number of anilines is 1. The molecule has 0 radical (unpaired) electrons. The van der Waals surface area contributed by atoms with E-state index in [9.17, 15) is 9.59 Å². The van der Waals surface area contributed by atoms with Crippen molar-refractivity contribution in [2.24, 2.45) is 0 Å². The maximum Gasteiger partial charge on any atom is 0.261 e. The lowest BCUT2D eigenvalue weighted by Gasteiger charge is -2.25. The second-order valence-corrected chi connectivity index (χ2v) is 6.84. The third-order valence-electron chi connectivity index (χ3n) is 4.57. The van der Waals surface area contributed by atoms with Crippen molar-refractivity contribution in [3.05, 3.63) is 42.2 Å². The van der Waals surface area contributed by atoms with E-state index in [0.29, 0.717) is 23.9 Å². The van der Waals surface area contributed by atoms with Gasteiger partial charge in [-0.25, -0.2) is 0 Å². The summed E-state index contributed by atoms with van der Waals surface area (Å²) in [5.41, 5.74) is 0. The van der Waals surface area contributed by atoms with Crippen molar-refractivity contribution in [1.82, 2.24) is 15.0 Å². The predicted molar refractivity (Wildman–Crippen MR) is 104 cm³/mol. The highest BCUT2D eigenvalue weighted by atomic mass is 16.5. The Labute approximate surface area is 164 Å². The molecule has 1 aromatic heterocycles. The molecule has 8 nitrogen and oxygen atoms in total. The smallest absolute Gasteiger partial charge is 0.261 e. The van der Waals surface area contributed by atoms with Gasteiger partial charge in [0.25, 0.3) is 5.91 Å². The van der Waals surface area contributed by atoms with Crippen molar-refractivity contribution in [2.75, 3.05) is 44.6 Å². The molecule has 28 heavy (non-hydrogen) atoms. The van der Waals surface area contributed by atoms with Crippen molar-refractivity contribution in [3.8, 4) is 5.75 Å².